The predicted octanol–water partition coefficient (Wildman–Crippen LogP) is 3.23. The monoisotopic (exact) mass is 509 g/mol. The molecule has 0 radical (unpaired) electrons. The Kier molecular flexibility index (Phi) is 11.0. The van der Waals surface area contributed by atoms with E-state index in [0.29, 0.717) is 11.6 Å². The van der Waals surface area contributed by atoms with E-state index in [0.717, 1.165) is 44.0 Å². The van der Waals surface area contributed by atoms with Crippen LogP contribution in [0, 0.1) is 5.92 Å². The van der Waals surface area contributed by atoms with Crippen molar-refractivity contribution in [3.8, 4) is 0 Å². The number of nitrogens with one attached hydrogen (secondary N) is 1. The molecule has 1 aromatic rings. The van der Waals surface area contributed by atoms with Crippen LogP contribution < -0.4 is 5.32 Å². The number of piperidine rings is 1. The summed E-state index contributed by atoms with van der Waals surface area (Å²) in [5, 5.41) is 14.2. The second-order valence-corrected chi connectivity index (χ2v) is 6.71. The van der Waals surface area contributed by atoms with Crippen LogP contribution in [-0.2, 0) is 9.53 Å². The molecule has 0 spiro atoms. The highest BCUT2D eigenvalue weighted by Crippen LogP contribution is 2.20. The number of hydrogen-bond donors (Lipinski definition) is 2. The van der Waals surface area contributed by atoms with Crippen molar-refractivity contribution >= 4 is 47.5 Å². The van der Waals surface area contributed by atoms with E-state index in [9.17, 15) is 9.90 Å². The van der Waals surface area contributed by atoms with Gasteiger partial charge in [0.1, 0.15) is 0 Å². The highest BCUT2D eigenvalue weighted by molar-refractivity contribution is 14.0. The first-order valence-electron chi connectivity index (χ1n) is 9.18. The Balaban J connectivity index is 0.00000364. The maximum Gasteiger partial charge on any atom is 0.309 e. The van der Waals surface area contributed by atoms with Crippen molar-refractivity contribution in [2.24, 2.45) is 10.9 Å². The van der Waals surface area contributed by atoms with Gasteiger partial charge in [-0.3, -0.25) is 9.79 Å². The van der Waals surface area contributed by atoms with Crippen molar-refractivity contribution in [2.45, 2.75) is 32.8 Å². The van der Waals surface area contributed by atoms with Crippen molar-refractivity contribution in [1.82, 2.24) is 10.2 Å². The van der Waals surface area contributed by atoms with Crippen molar-refractivity contribution in [3.05, 3.63) is 34.9 Å². The van der Waals surface area contributed by atoms with Gasteiger partial charge in [-0.05, 0) is 44.4 Å². The quantitative estimate of drug-likeness (QED) is 0.267. The van der Waals surface area contributed by atoms with Crippen LogP contribution >= 0.6 is 35.6 Å². The van der Waals surface area contributed by atoms with Crippen LogP contribution in [0.15, 0.2) is 29.3 Å². The second-order valence-electron chi connectivity index (χ2n) is 6.28. The summed E-state index contributed by atoms with van der Waals surface area (Å²) in [6.45, 7) is 6.76. The van der Waals surface area contributed by atoms with Gasteiger partial charge in [-0.25, -0.2) is 0 Å². The SMILES string of the molecule is CCNC(=NCC(O)c1ccc(Cl)cc1)N1CCC(C(=O)OCC)CC1.I. The number of aliphatic hydroxyl groups is 1. The molecule has 0 saturated carbocycles. The number of ether oxygens (including phenoxy) is 1. The summed E-state index contributed by atoms with van der Waals surface area (Å²) in [7, 11) is 0. The summed E-state index contributed by atoms with van der Waals surface area (Å²) >= 11 is 5.88. The third kappa shape index (κ3) is 7.46. The zero-order valence-electron chi connectivity index (χ0n) is 15.9. The fourth-order valence-corrected chi connectivity index (χ4v) is 3.10. The zero-order chi connectivity index (χ0) is 18.9. The van der Waals surface area contributed by atoms with E-state index in [-0.39, 0.29) is 42.4 Å². The fourth-order valence-electron chi connectivity index (χ4n) is 2.98. The van der Waals surface area contributed by atoms with E-state index >= 15 is 0 Å². The molecule has 27 heavy (non-hydrogen) atoms. The highest BCUT2D eigenvalue weighted by Gasteiger charge is 2.27. The fraction of sp³-hybridized carbons (Fsp3) is 0.579. The first-order valence-corrected chi connectivity index (χ1v) is 9.56. The van der Waals surface area contributed by atoms with Crippen LogP contribution in [0.2, 0.25) is 5.02 Å². The number of carbonyl (C=O) groups excluding carboxylic acids is 1. The minimum atomic E-state index is -0.682. The summed E-state index contributed by atoms with van der Waals surface area (Å²) in [4.78, 5) is 18.6. The van der Waals surface area contributed by atoms with Gasteiger partial charge < -0.3 is 20.1 Å². The van der Waals surface area contributed by atoms with Crippen LogP contribution in [0.5, 0.6) is 0 Å². The molecule has 1 fully saturated rings. The number of carbonyl (C=O) groups is 1. The molecule has 0 bridgehead atoms. The number of halogens is 2. The molecular formula is C19H29ClIN3O3. The van der Waals surface area contributed by atoms with Crippen LogP contribution in [0.4, 0.5) is 0 Å². The van der Waals surface area contributed by atoms with Crippen LogP contribution in [0.25, 0.3) is 0 Å². The van der Waals surface area contributed by atoms with E-state index in [1.165, 1.54) is 0 Å². The van der Waals surface area contributed by atoms with E-state index in [4.69, 9.17) is 16.3 Å². The van der Waals surface area contributed by atoms with Crippen molar-refractivity contribution in [2.75, 3.05) is 32.8 Å². The number of hydrogen-bond acceptors (Lipinski definition) is 4. The standard InChI is InChI=1S/C19H28ClN3O3.HI/c1-3-21-19(22-13-17(24)14-5-7-16(20)8-6-14)23-11-9-15(10-12-23)18(25)26-4-2;/h5-8,15,17,24H,3-4,9-13H2,1-2H3,(H,21,22);1H. The van der Waals surface area contributed by atoms with E-state index < -0.39 is 6.10 Å². The van der Waals surface area contributed by atoms with Gasteiger partial charge in [0.2, 0.25) is 0 Å². The lowest BCUT2D eigenvalue weighted by Gasteiger charge is -2.33. The molecule has 1 unspecified atom stereocenters. The number of aliphatic imine (C=N–C) groups is 1. The van der Waals surface area contributed by atoms with Gasteiger partial charge in [-0.15, -0.1) is 24.0 Å². The Labute approximate surface area is 183 Å². The van der Waals surface area contributed by atoms with Gasteiger partial charge in [0, 0.05) is 24.7 Å². The topological polar surface area (TPSA) is 74.2 Å². The molecule has 0 aromatic heterocycles. The number of guanidine groups is 1. The number of aliphatic hydroxyl groups excluding tert-OH is 1. The first-order chi connectivity index (χ1) is 12.5. The number of esters is 1. The predicted molar refractivity (Wildman–Crippen MR) is 119 cm³/mol. The number of likely N-dealkylation sites (tertiary alicyclic amines) is 1. The molecule has 1 aliphatic heterocycles. The Morgan fingerprint density at radius 1 is 1.33 bits per heavy atom. The molecule has 1 heterocycles. The number of rotatable bonds is 6. The van der Waals surface area contributed by atoms with E-state index in [2.05, 4.69) is 15.2 Å². The van der Waals surface area contributed by atoms with Crippen molar-refractivity contribution in [3.63, 3.8) is 0 Å². The van der Waals surface area contributed by atoms with Crippen LogP contribution in [0.1, 0.15) is 38.4 Å². The summed E-state index contributed by atoms with van der Waals surface area (Å²) in [6.07, 6.45) is 0.824. The Morgan fingerprint density at radius 2 is 1.96 bits per heavy atom. The summed E-state index contributed by atoms with van der Waals surface area (Å²) in [6, 6.07) is 7.13. The molecule has 1 saturated heterocycles. The summed E-state index contributed by atoms with van der Waals surface area (Å²) in [5.41, 5.74) is 0.787. The molecule has 6 nitrogen and oxygen atoms in total. The average molecular weight is 510 g/mol. The van der Waals surface area contributed by atoms with Gasteiger partial charge in [-0.2, -0.15) is 0 Å². The third-order valence-corrected chi connectivity index (χ3v) is 4.67. The van der Waals surface area contributed by atoms with Crippen LogP contribution in [0.3, 0.4) is 0 Å². The van der Waals surface area contributed by atoms with Gasteiger partial charge >= 0.3 is 5.97 Å². The Hall–Kier alpha value is -1.06. The maximum atomic E-state index is 11.9. The van der Waals surface area contributed by atoms with Gasteiger partial charge in [0.25, 0.3) is 0 Å². The minimum absolute atomic E-state index is 0. The molecule has 1 aliphatic rings. The van der Waals surface area contributed by atoms with E-state index in [1.54, 1.807) is 24.3 Å². The summed E-state index contributed by atoms with van der Waals surface area (Å²) in [5.74, 6) is 0.629. The highest BCUT2D eigenvalue weighted by atomic mass is 127. The van der Waals surface area contributed by atoms with E-state index in [1.807, 2.05) is 13.8 Å². The molecule has 8 heteroatoms. The van der Waals surface area contributed by atoms with Gasteiger partial charge in [0.15, 0.2) is 5.96 Å². The molecule has 2 N–H and O–H groups in total. The molecular weight excluding hydrogens is 481 g/mol. The molecule has 1 aromatic carbocycles. The second kappa shape index (κ2) is 12.4. The lowest BCUT2D eigenvalue weighted by atomic mass is 9.97. The smallest absolute Gasteiger partial charge is 0.309 e. The zero-order valence-corrected chi connectivity index (χ0v) is 18.9. The largest absolute Gasteiger partial charge is 0.466 e. The van der Waals surface area contributed by atoms with Crippen molar-refractivity contribution in [1.29, 1.82) is 0 Å². The lowest BCUT2D eigenvalue weighted by molar-refractivity contribution is -0.149. The van der Waals surface area contributed by atoms with Gasteiger partial charge in [0.05, 0.1) is 25.2 Å². The molecule has 2 rings (SSSR count). The molecule has 0 amide bonds. The molecule has 1 atom stereocenters. The van der Waals surface area contributed by atoms with Crippen molar-refractivity contribution < 1.29 is 14.6 Å². The molecule has 152 valence electrons. The van der Waals surface area contributed by atoms with Gasteiger partial charge in [-0.1, -0.05) is 23.7 Å². The third-order valence-electron chi connectivity index (χ3n) is 4.42. The maximum absolute atomic E-state index is 11.9. The number of nitrogens with zero attached hydrogens (tertiary/aromatic N) is 2. The minimum Gasteiger partial charge on any atom is -0.466 e. The van der Waals surface area contributed by atoms with Crippen LogP contribution in [-0.4, -0.2) is 54.7 Å². The Morgan fingerprint density at radius 3 is 2.52 bits per heavy atom. The first kappa shape index (κ1) is 24.0. The molecule has 0 aliphatic carbocycles. The average Bonchev–Trinajstić information content (AvgIpc) is 2.66. The number of benzene rings is 1. The lowest BCUT2D eigenvalue weighted by Crippen LogP contribution is -2.47. The normalized spacial score (nSPS) is 16.4. The Bertz CT molecular complexity index is 605. The summed E-state index contributed by atoms with van der Waals surface area (Å²) < 4.78 is 5.12.